The van der Waals surface area contributed by atoms with E-state index in [9.17, 15) is 4.79 Å². The average molecular weight is 218 g/mol. The van der Waals surface area contributed by atoms with E-state index >= 15 is 0 Å². The van der Waals surface area contributed by atoms with E-state index in [1.54, 1.807) is 0 Å². The van der Waals surface area contributed by atoms with Crippen LogP contribution in [0, 0.1) is 11.8 Å². The molecular weight excluding hydrogens is 196 g/mol. The molecule has 2 unspecified atom stereocenters. The highest BCUT2D eigenvalue weighted by Crippen LogP contribution is 2.32. The third-order valence-electron chi connectivity index (χ3n) is 3.58. The highest BCUT2D eigenvalue weighted by Gasteiger charge is 2.26. The van der Waals surface area contributed by atoms with E-state index in [4.69, 9.17) is 0 Å². The number of carbonyl (C=O) groups is 1. The molecule has 1 heteroatoms. The highest BCUT2D eigenvalue weighted by atomic mass is 16.1. The van der Waals surface area contributed by atoms with Gasteiger partial charge in [0.2, 0.25) is 0 Å². The van der Waals surface area contributed by atoms with Gasteiger partial charge in [-0.2, -0.15) is 0 Å². The fourth-order valence-electron chi connectivity index (χ4n) is 2.23. The van der Waals surface area contributed by atoms with E-state index < -0.39 is 0 Å². The van der Waals surface area contributed by atoms with Crippen molar-refractivity contribution in [2.24, 2.45) is 11.8 Å². The molecule has 0 amide bonds. The Kier molecular flexibility index (Phi) is 4.28. The van der Waals surface area contributed by atoms with Gasteiger partial charge in [-0.15, -0.1) is 0 Å². The van der Waals surface area contributed by atoms with E-state index in [1.807, 2.05) is 26.8 Å². The van der Waals surface area contributed by atoms with Gasteiger partial charge in [-0.05, 0) is 43.3 Å². The molecule has 0 N–H and O–H groups in total. The zero-order valence-electron chi connectivity index (χ0n) is 11.0. The number of Topliss-reactive ketones (excluding diaryl/α,β-unsaturated/α-hetero) is 1. The molecule has 1 aliphatic rings. The summed E-state index contributed by atoms with van der Waals surface area (Å²) in [6.45, 7) is 10.3. The fourth-order valence-corrected chi connectivity index (χ4v) is 2.23. The molecule has 0 radical (unpaired) electrons. The van der Waals surface area contributed by atoms with Crippen LogP contribution in [-0.4, -0.2) is 5.78 Å². The number of hydrogen-bond donors (Lipinski definition) is 0. The Bertz CT molecular complexity index is 369. The fraction of sp³-hybridized carbons (Fsp3) is 0.533. The zero-order valence-corrected chi connectivity index (χ0v) is 11.0. The molecule has 0 spiro atoms. The van der Waals surface area contributed by atoms with Crippen molar-refractivity contribution >= 4 is 5.78 Å². The first-order valence-corrected chi connectivity index (χ1v) is 6.11. The van der Waals surface area contributed by atoms with Gasteiger partial charge in [0.05, 0.1) is 0 Å². The van der Waals surface area contributed by atoms with Crippen LogP contribution in [0.1, 0.15) is 41.0 Å². The molecule has 1 rings (SSSR count). The molecule has 0 saturated carbocycles. The quantitative estimate of drug-likeness (QED) is 0.653. The molecular formula is C15H22O. The van der Waals surface area contributed by atoms with Crippen LogP contribution in [0.3, 0.4) is 0 Å². The van der Waals surface area contributed by atoms with Gasteiger partial charge in [0.1, 0.15) is 0 Å². The van der Waals surface area contributed by atoms with Crippen molar-refractivity contribution < 1.29 is 4.79 Å². The van der Waals surface area contributed by atoms with Crippen LogP contribution >= 0.6 is 0 Å². The first-order chi connectivity index (χ1) is 7.52. The van der Waals surface area contributed by atoms with Crippen LogP contribution in [0.25, 0.3) is 0 Å². The van der Waals surface area contributed by atoms with Gasteiger partial charge in [0.15, 0.2) is 5.78 Å². The largest absolute Gasteiger partial charge is 0.289 e. The molecule has 0 heterocycles. The summed E-state index contributed by atoms with van der Waals surface area (Å²) in [5.74, 6) is 1.03. The van der Waals surface area contributed by atoms with E-state index in [0.717, 1.165) is 23.1 Å². The van der Waals surface area contributed by atoms with Crippen molar-refractivity contribution in [2.75, 3.05) is 0 Å². The molecule has 1 aliphatic carbocycles. The van der Waals surface area contributed by atoms with Gasteiger partial charge in [0.25, 0.3) is 0 Å². The number of ketones is 1. The maximum Gasteiger partial charge on any atom is 0.185 e. The minimum absolute atomic E-state index is 0.242. The first-order valence-electron chi connectivity index (χ1n) is 6.11. The van der Waals surface area contributed by atoms with Crippen molar-refractivity contribution in [2.45, 2.75) is 41.0 Å². The van der Waals surface area contributed by atoms with Crippen LogP contribution in [0.15, 0.2) is 34.9 Å². The second kappa shape index (κ2) is 5.29. The Labute approximate surface area is 98.9 Å². The molecule has 16 heavy (non-hydrogen) atoms. The minimum atomic E-state index is 0.242. The van der Waals surface area contributed by atoms with Gasteiger partial charge in [0, 0.05) is 5.57 Å². The Balaban J connectivity index is 3.11. The molecule has 0 aromatic heterocycles. The lowest BCUT2D eigenvalue weighted by atomic mass is 9.78. The summed E-state index contributed by atoms with van der Waals surface area (Å²) < 4.78 is 0. The highest BCUT2D eigenvalue weighted by molar-refractivity contribution is 6.09. The molecule has 0 aliphatic heterocycles. The molecule has 0 bridgehead atoms. The van der Waals surface area contributed by atoms with E-state index in [0.29, 0.717) is 11.8 Å². The maximum atomic E-state index is 12.4. The summed E-state index contributed by atoms with van der Waals surface area (Å²) in [5, 5.41) is 0. The molecule has 0 aromatic rings. The van der Waals surface area contributed by atoms with Gasteiger partial charge >= 0.3 is 0 Å². The Morgan fingerprint density at radius 3 is 2.56 bits per heavy atom. The predicted octanol–water partition coefficient (Wildman–Crippen LogP) is 4.07. The molecule has 2 atom stereocenters. The van der Waals surface area contributed by atoms with Gasteiger partial charge in [-0.1, -0.05) is 39.0 Å². The lowest BCUT2D eigenvalue weighted by molar-refractivity contribution is -0.113. The van der Waals surface area contributed by atoms with Crippen molar-refractivity contribution in [1.29, 1.82) is 0 Å². The topological polar surface area (TPSA) is 17.1 Å². The minimum Gasteiger partial charge on any atom is -0.289 e. The average Bonchev–Trinajstić information content (AvgIpc) is 2.26. The van der Waals surface area contributed by atoms with Crippen LogP contribution in [0.5, 0.6) is 0 Å². The third kappa shape index (κ3) is 2.34. The summed E-state index contributed by atoms with van der Waals surface area (Å²) in [6.07, 6.45) is 7.04. The second-order valence-electron chi connectivity index (χ2n) is 4.60. The zero-order chi connectivity index (χ0) is 12.3. The third-order valence-corrected chi connectivity index (χ3v) is 3.58. The Morgan fingerprint density at radius 2 is 2.06 bits per heavy atom. The van der Waals surface area contributed by atoms with Gasteiger partial charge < -0.3 is 0 Å². The number of carbonyl (C=O) groups excluding carboxylic acids is 1. The number of hydrogen-bond acceptors (Lipinski definition) is 1. The van der Waals surface area contributed by atoms with Crippen LogP contribution in [0.2, 0.25) is 0 Å². The SMILES string of the molecule is CC=C(CC)C(=O)C1=C(C)C=CC(C)C1C. The Hall–Kier alpha value is -1.11. The second-order valence-corrected chi connectivity index (χ2v) is 4.60. The monoisotopic (exact) mass is 218 g/mol. The van der Waals surface area contributed by atoms with E-state index in [1.165, 1.54) is 0 Å². The number of allylic oxidation sites excluding steroid dienone is 6. The summed E-state index contributed by atoms with van der Waals surface area (Å²) >= 11 is 0. The van der Waals surface area contributed by atoms with E-state index in [2.05, 4.69) is 26.0 Å². The maximum absolute atomic E-state index is 12.4. The summed E-state index contributed by atoms with van der Waals surface area (Å²) in [4.78, 5) is 12.4. The lowest BCUT2D eigenvalue weighted by Gasteiger charge is -2.25. The predicted molar refractivity (Wildman–Crippen MR) is 69.2 cm³/mol. The standard InChI is InChI=1S/C15H22O/c1-6-13(7-2)15(16)14-11(4)9-8-10(3)12(14)5/h6,8-10,12H,7H2,1-5H3. The van der Waals surface area contributed by atoms with Crippen LogP contribution < -0.4 is 0 Å². The normalized spacial score (nSPS) is 26.2. The molecule has 88 valence electrons. The lowest BCUT2D eigenvalue weighted by Crippen LogP contribution is -2.21. The van der Waals surface area contributed by atoms with Crippen LogP contribution in [-0.2, 0) is 4.79 Å². The first kappa shape index (κ1) is 13.0. The van der Waals surface area contributed by atoms with Crippen LogP contribution in [0.4, 0.5) is 0 Å². The summed E-state index contributed by atoms with van der Waals surface area (Å²) in [7, 11) is 0. The number of rotatable bonds is 3. The van der Waals surface area contributed by atoms with Gasteiger partial charge in [-0.25, -0.2) is 0 Å². The van der Waals surface area contributed by atoms with Gasteiger partial charge in [-0.3, -0.25) is 4.79 Å². The summed E-state index contributed by atoms with van der Waals surface area (Å²) in [6, 6.07) is 0. The van der Waals surface area contributed by atoms with Crippen molar-refractivity contribution in [3.63, 3.8) is 0 Å². The molecule has 0 aromatic carbocycles. The Morgan fingerprint density at radius 1 is 1.44 bits per heavy atom. The smallest absolute Gasteiger partial charge is 0.185 e. The molecule has 1 nitrogen and oxygen atoms in total. The van der Waals surface area contributed by atoms with Crippen molar-refractivity contribution in [1.82, 2.24) is 0 Å². The molecule has 0 saturated heterocycles. The van der Waals surface area contributed by atoms with E-state index in [-0.39, 0.29) is 5.78 Å². The van der Waals surface area contributed by atoms with Crippen molar-refractivity contribution in [3.8, 4) is 0 Å². The van der Waals surface area contributed by atoms with Crippen molar-refractivity contribution in [3.05, 3.63) is 34.9 Å². The summed E-state index contributed by atoms with van der Waals surface area (Å²) in [5.41, 5.74) is 3.07. The molecule has 0 fully saturated rings.